The minimum atomic E-state index is -0.215. The zero-order chi connectivity index (χ0) is 17.8. The van der Waals surface area contributed by atoms with Crippen molar-refractivity contribution >= 4 is 22.5 Å². The predicted molar refractivity (Wildman–Crippen MR) is 101 cm³/mol. The number of hydrogen-bond donors (Lipinski definition) is 1. The molecule has 3 rings (SSSR count). The first-order valence-electron chi connectivity index (χ1n) is 8.44. The number of benzene rings is 2. The number of aryl methyl sites for hydroxylation is 1. The van der Waals surface area contributed by atoms with Crippen LogP contribution in [0.4, 0.5) is 4.39 Å². The van der Waals surface area contributed by atoms with E-state index in [9.17, 15) is 4.39 Å². The van der Waals surface area contributed by atoms with Crippen molar-refractivity contribution < 1.29 is 9.13 Å². The summed E-state index contributed by atoms with van der Waals surface area (Å²) in [6.07, 6.45) is 2.81. The van der Waals surface area contributed by atoms with Crippen LogP contribution in [0.2, 0.25) is 5.02 Å². The largest absolute Gasteiger partial charge is 0.496 e. The second-order valence-electron chi connectivity index (χ2n) is 5.93. The maximum absolute atomic E-state index is 14.3. The second kappa shape index (κ2) is 7.89. The van der Waals surface area contributed by atoms with Gasteiger partial charge in [-0.1, -0.05) is 29.8 Å². The highest BCUT2D eigenvalue weighted by atomic mass is 35.5. The smallest absolute Gasteiger partial charge is 0.147 e. The van der Waals surface area contributed by atoms with Gasteiger partial charge in [-0.3, -0.25) is 0 Å². The molecule has 0 spiro atoms. The van der Waals surface area contributed by atoms with Crippen molar-refractivity contribution in [2.24, 2.45) is 0 Å². The lowest BCUT2D eigenvalue weighted by molar-refractivity contribution is 0.419. The molecule has 0 saturated carbocycles. The van der Waals surface area contributed by atoms with Crippen molar-refractivity contribution in [3.8, 4) is 5.75 Å². The Labute approximate surface area is 152 Å². The van der Waals surface area contributed by atoms with Crippen LogP contribution in [-0.4, -0.2) is 18.2 Å². The number of ether oxygens (including phenoxy) is 1. The molecule has 0 atom stereocenters. The third-order valence-electron chi connectivity index (χ3n) is 4.42. The monoisotopic (exact) mass is 360 g/mol. The Morgan fingerprint density at radius 1 is 1.16 bits per heavy atom. The average Bonchev–Trinajstić information content (AvgIpc) is 3.00. The Hall–Kier alpha value is -2.04. The van der Waals surface area contributed by atoms with E-state index in [-0.39, 0.29) is 5.82 Å². The highest BCUT2D eigenvalue weighted by Gasteiger charge is 2.16. The first-order chi connectivity index (χ1) is 12.2. The van der Waals surface area contributed by atoms with Gasteiger partial charge in [-0.05, 0) is 49.2 Å². The van der Waals surface area contributed by atoms with Crippen molar-refractivity contribution in [2.75, 3.05) is 13.7 Å². The molecule has 5 heteroatoms. The zero-order valence-corrected chi connectivity index (χ0v) is 15.2. The van der Waals surface area contributed by atoms with Gasteiger partial charge in [0.2, 0.25) is 0 Å². The predicted octanol–water partition coefficient (Wildman–Crippen LogP) is 4.79. The minimum Gasteiger partial charge on any atom is -0.496 e. The highest BCUT2D eigenvalue weighted by Crippen LogP contribution is 2.32. The Bertz CT molecular complexity index is 876. The normalized spacial score (nSPS) is 11.2. The summed E-state index contributed by atoms with van der Waals surface area (Å²) in [5.41, 5.74) is 2.77. The van der Waals surface area contributed by atoms with E-state index < -0.39 is 0 Å². The Balaban J connectivity index is 1.77. The van der Waals surface area contributed by atoms with Crippen molar-refractivity contribution in [2.45, 2.75) is 26.4 Å². The summed E-state index contributed by atoms with van der Waals surface area (Å²) in [6, 6.07) is 11.0. The van der Waals surface area contributed by atoms with Gasteiger partial charge in [-0.25, -0.2) is 4.39 Å². The van der Waals surface area contributed by atoms with Crippen molar-refractivity contribution in [3.05, 3.63) is 64.6 Å². The molecule has 1 aromatic heterocycles. The molecule has 1 N–H and O–H groups in total. The van der Waals surface area contributed by atoms with Crippen molar-refractivity contribution in [3.63, 3.8) is 0 Å². The van der Waals surface area contributed by atoms with Gasteiger partial charge in [-0.15, -0.1) is 0 Å². The number of halogens is 2. The van der Waals surface area contributed by atoms with E-state index in [0.29, 0.717) is 24.4 Å². The van der Waals surface area contributed by atoms with E-state index in [1.807, 2.05) is 42.0 Å². The third kappa shape index (κ3) is 3.65. The van der Waals surface area contributed by atoms with Gasteiger partial charge in [0.15, 0.2) is 0 Å². The minimum absolute atomic E-state index is 0.215. The summed E-state index contributed by atoms with van der Waals surface area (Å²) in [6.45, 7) is 4.21. The van der Waals surface area contributed by atoms with Crippen LogP contribution in [0.25, 0.3) is 10.9 Å². The van der Waals surface area contributed by atoms with E-state index in [1.54, 1.807) is 13.2 Å². The van der Waals surface area contributed by atoms with Gasteiger partial charge in [0.25, 0.3) is 0 Å². The molecule has 0 aliphatic carbocycles. The zero-order valence-electron chi connectivity index (χ0n) is 14.5. The van der Waals surface area contributed by atoms with Crippen LogP contribution in [-0.2, 0) is 19.5 Å². The molecule has 0 fully saturated rings. The number of methoxy groups -OCH3 is 1. The molecule has 1 heterocycles. The number of nitrogens with zero attached hydrogens (tertiary/aromatic N) is 1. The number of fused-ring (bicyclic) bond motifs is 1. The standard InChI is InChI=1S/C20H22ClFN2O/c1-3-24-13-15(19-18(25-2)9-8-17(22)20(19)24)10-11-23-12-14-6-4-5-7-16(14)21/h4-9,13,23H,3,10-12H2,1-2H3. The van der Waals surface area contributed by atoms with E-state index >= 15 is 0 Å². The van der Waals surface area contributed by atoms with Gasteiger partial charge in [-0.2, -0.15) is 0 Å². The third-order valence-corrected chi connectivity index (χ3v) is 4.78. The summed E-state index contributed by atoms with van der Waals surface area (Å²) in [5, 5.41) is 5.04. The van der Waals surface area contributed by atoms with Crippen LogP contribution in [0.15, 0.2) is 42.6 Å². The molecule has 3 aromatic rings. The van der Waals surface area contributed by atoms with Gasteiger partial charge in [0.1, 0.15) is 11.6 Å². The molecule has 25 heavy (non-hydrogen) atoms. The molecule has 0 saturated heterocycles. The van der Waals surface area contributed by atoms with Gasteiger partial charge in [0.05, 0.1) is 12.6 Å². The van der Waals surface area contributed by atoms with Gasteiger partial charge < -0.3 is 14.6 Å². The average molecular weight is 361 g/mol. The number of aromatic nitrogens is 1. The Morgan fingerprint density at radius 2 is 1.96 bits per heavy atom. The van der Waals surface area contributed by atoms with Crippen LogP contribution in [0.3, 0.4) is 0 Å². The lowest BCUT2D eigenvalue weighted by Gasteiger charge is -2.08. The summed E-state index contributed by atoms with van der Waals surface area (Å²) in [4.78, 5) is 0. The Kier molecular flexibility index (Phi) is 5.61. The molecule has 132 valence electrons. The van der Waals surface area contributed by atoms with Crippen LogP contribution in [0, 0.1) is 5.82 Å². The molecule has 3 nitrogen and oxygen atoms in total. The SMILES string of the molecule is CCn1cc(CCNCc2ccccc2Cl)c2c(OC)ccc(F)c21. The summed E-state index contributed by atoms with van der Waals surface area (Å²) < 4.78 is 21.7. The molecule has 0 aliphatic rings. The maximum Gasteiger partial charge on any atom is 0.147 e. The maximum atomic E-state index is 14.3. The van der Waals surface area contributed by atoms with Gasteiger partial charge in [0, 0.05) is 29.7 Å². The number of rotatable bonds is 7. The lowest BCUT2D eigenvalue weighted by atomic mass is 10.1. The molecular formula is C20H22ClFN2O. The fourth-order valence-electron chi connectivity index (χ4n) is 3.15. The first-order valence-corrected chi connectivity index (χ1v) is 8.81. The lowest BCUT2D eigenvalue weighted by Crippen LogP contribution is -2.16. The molecular weight excluding hydrogens is 339 g/mol. The number of hydrogen-bond acceptors (Lipinski definition) is 2. The quantitative estimate of drug-likeness (QED) is 0.613. The molecule has 0 amide bonds. The van der Waals surface area contributed by atoms with Crippen LogP contribution in [0.1, 0.15) is 18.1 Å². The van der Waals surface area contributed by atoms with E-state index in [2.05, 4.69) is 5.32 Å². The Morgan fingerprint density at radius 3 is 2.68 bits per heavy atom. The van der Waals surface area contributed by atoms with Crippen LogP contribution >= 0.6 is 11.6 Å². The molecule has 0 aliphatic heterocycles. The van der Waals surface area contributed by atoms with E-state index in [0.717, 1.165) is 34.5 Å². The molecule has 2 aromatic carbocycles. The fraction of sp³-hybridized carbons (Fsp3) is 0.300. The van der Waals surface area contributed by atoms with E-state index in [4.69, 9.17) is 16.3 Å². The summed E-state index contributed by atoms with van der Waals surface area (Å²) in [7, 11) is 1.62. The van der Waals surface area contributed by atoms with E-state index in [1.165, 1.54) is 6.07 Å². The molecule has 0 unspecified atom stereocenters. The highest BCUT2D eigenvalue weighted by molar-refractivity contribution is 6.31. The van der Waals surface area contributed by atoms with Crippen LogP contribution < -0.4 is 10.1 Å². The van der Waals surface area contributed by atoms with Gasteiger partial charge >= 0.3 is 0 Å². The summed E-state index contributed by atoms with van der Waals surface area (Å²) in [5.74, 6) is 0.498. The second-order valence-corrected chi connectivity index (χ2v) is 6.34. The topological polar surface area (TPSA) is 26.2 Å². The fourth-order valence-corrected chi connectivity index (χ4v) is 3.36. The molecule has 0 radical (unpaired) electrons. The summed E-state index contributed by atoms with van der Waals surface area (Å²) >= 11 is 6.18. The van der Waals surface area contributed by atoms with Crippen molar-refractivity contribution in [1.82, 2.24) is 9.88 Å². The first kappa shape index (κ1) is 17.8. The van der Waals surface area contributed by atoms with Crippen molar-refractivity contribution in [1.29, 1.82) is 0 Å². The molecule has 0 bridgehead atoms. The van der Waals surface area contributed by atoms with Crippen LogP contribution in [0.5, 0.6) is 5.75 Å². The number of nitrogens with one attached hydrogen (secondary N) is 1.